The summed E-state index contributed by atoms with van der Waals surface area (Å²) in [5.41, 5.74) is 6.28. The van der Waals surface area contributed by atoms with Crippen LogP contribution in [0.15, 0.2) is 18.2 Å². The molecule has 1 rings (SSSR count). The average Bonchev–Trinajstić information content (AvgIpc) is 2.33. The molecular formula is C12H20ClNO2. The number of anilines is 1. The van der Waals surface area contributed by atoms with Crippen LogP contribution in [0.5, 0.6) is 0 Å². The van der Waals surface area contributed by atoms with Crippen LogP contribution in [0.3, 0.4) is 0 Å². The van der Waals surface area contributed by atoms with E-state index < -0.39 is 5.97 Å². The third-order valence-corrected chi connectivity index (χ3v) is 1.71. The van der Waals surface area contributed by atoms with Crippen LogP contribution in [0.2, 0.25) is 5.02 Å². The van der Waals surface area contributed by atoms with Crippen molar-refractivity contribution in [3.63, 3.8) is 0 Å². The van der Waals surface area contributed by atoms with Crippen molar-refractivity contribution in [3.05, 3.63) is 28.8 Å². The molecule has 0 spiro atoms. The first-order chi connectivity index (χ1) is 7.65. The summed E-state index contributed by atoms with van der Waals surface area (Å²) in [6, 6.07) is 4.63. The van der Waals surface area contributed by atoms with Crippen LogP contribution >= 0.6 is 11.6 Å². The number of halogens is 1. The normalized spacial score (nSPS) is 7.88. The first kappa shape index (κ1) is 17.2. The van der Waals surface area contributed by atoms with Crippen molar-refractivity contribution < 1.29 is 9.53 Å². The van der Waals surface area contributed by atoms with Gasteiger partial charge in [0.1, 0.15) is 0 Å². The fraction of sp³-hybridized carbons (Fsp3) is 0.417. The zero-order valence-electron chi connectivity index (χ0n) is 10.5. The van der Waals surface area contributed by atoms with Crippen LogP contribution in [0.4, 0.5) is 5.69 Å². The van der Waals surface area contributed by atoms with Gasteiger partial charge in [-0.15, -0.1) is 0 Å². The monoisotopic (exact) mass is 245 g/mol. The summed E-state index contributed by atoms with van der Waals surface area (Å²) in [4.78, 5) is 11.0. The third-order valence-electron chi connectivity index (χ3n) is 1.40. The van der Waals surface area contributed by atoms with Crippen molar-refractivity contribution in [2.24, 2.45) is 0 Å². The van der Waals surface area contributed by atoms with Crippen LogP contribution in [0.25, 0.3) is 0 Å². The molecule has 92 valence electrons. The van der Waals surface area contributed by atoms with Gasteiger partial charge in [0.05, 0.1) is 17.7 Å². The number of nitrogens with two attached hydrogens (primary N) is 1. The highest BCUT2D eigenvalue weighted by atomic mass is 35.5. The van der Waals surface area contributed by atoms with E-state index >= 15 is 0 Å². The number of carbonyl (C=O) groups is 1. The lowest BCUT2D eigenvalue weighted by Gasteiger charge is -2.01. The van der Waals surface area contributed by atoms with Gasteiger partial charge in [0.15, 0.2) is 0 Å². The number of esters is 1. The molecule has 0 amide bonds. The molecule has 0 fully saturated rings. The molecule has 0 saturated heterocycles. The van der Waals surface area contributed by atoms with E-state index in [2.05, 4.69) is 4.74 Å². The van der Waals surface area contributed by atoms with E-state index in [1.54, 1.807) is 6.07 Å². The Labute approximate surface area is 103 Å². The Bertz CT molecular complexity index is 314. The molecule has 0 aromatic heterocycles. The number of hydrogen-bond donors (Lipinski definition) is 1. The Morgan fingerprint density at radius 2 is 1.75 bits per heavy atom. The Kier molecular flexibility index (Phi) is 11.1. The van der Waals surface area contributed by atoms with Crippen molar-refractivity contribution in [2.75, 3.05) is 12.8 Å². The molecule has 0 aliphatic carbocycles. The van der Waals surface area contributed by atoms with Gasteiger partial charge in [-0.1, -0.05) is 39.3 Å². The molecule has 0 saturated carbocycles. The van der Waals surface area contributed by atoms with Gasteiger partial charge in [0.25, 0.3) is 0 Å². The Balaban J connectivity index is 0. The van der Waals surface area contributed by atoms with Crippen LogP contribution in [-0.4, -0.2) is 13.1 Å². The standard InChI is InChI=1S/C8H8ClNO2.2C2H6/c1-12-8(11)6-3-2-5(10)4-7(6)9;2*1-2/h2-4H,10H2,1H3;2*1-2H3. The van der Waals surface area contributed by atoms with Crippen LogP contribution in [-0.2, 0) is 4.74 Å². The second kappa shape index (κ2) is 10.3. The maximum atomic E-state index is 11.0. The van der Waals surface area contributed by atoms with E-state index in [0.29, 0.717) is 16.3 Å². The Hall–Kier alpha value is -1.22. The van der Waals surface area contributed by atoms with E-state index in [4.69, 9.17) is 17.3 Å². The molecule has 0 aliphatic rings. The average molecular weight is 246 g/mol. The van der Waals surface area contributed by atoms with Crippen LogP contribution in [0, 0.1) is 0 Å². The number of hydrogen-bond acceptors (Lipinski definition) is 3. The molecule has 16 heavy (non-hydrogen) atoms. The van der Waals surface area contributed by atoms with Gasteiger partial charge >= 0.3 is 5.97 Å². The first-order valence-electron chi connectivity index (χ1n) is 5.28. The second-order valence-corrected chi connectivity index (χ2v) is 2.64. The van der Waals surface area contributed by atoms with Gasteiger partial charge < -0.3 is 10.5 Å². The largest absolute Gasteiger partial charge is 0.465 e. The molecule has 0 atom stereocenters. The SMILES string of the molecule is CC.CC.COC(=O)c1ccc(N)cc1Cl. The predicted molar refractivity (Wildman–Crippen MR) is 69.9 cm³/mol. The van der Waals surface area contributed by atoms with Crippen molar-refractivity contribution >= 4 is 23.3 Å². The minimum absolute atomic E-state index is 0.307. The van der Waals surface area contributed by atoms with E-state index in [9.17, 15) is 4.79 Å². The van der Waals surface area contributed by atoms with Gasteiger partial charge in [-0.05, 0) is 18.2 Å². The Morgan fingerprint density at radius 1 is 1.25 bits per heavy atom. The smallest absolute Gasteiger partial charge is 0.339 e. The number of nitrogen functional groups attached to an aromatic ring is 1. The van der Waals surface area contributed by atoms with E-state index in [1.807, 2.05) is 27.7 Å². The van der Waals surface area contributed by atoms with E-state index in [1.165, 1.54) is 19.2 Å². The summed E-state index contributed by atoms with van der Waals surface area (Å²) >= 11 is 5.72. The Morgan fingerprint density at radius 3 is 2.12 bits per heavy atom. The second-order valence-electron chi connectivity index (χ2n) is 2.23. The number of methoxy groups -OCH3 is 1. The number of benzene rings is 1. The zero-order valence-corrected chi connectivity index (χ0v) is 11.3. The van der Waals surface area contributed by atoms with Gasteiger partial charge in [-0.25, -0.2) is 4.79 Å². The van der Waals surface area contributed by atoms with Crippen molar-refractivity contribution in [3.8, 4) is 0 Å². The van der Waals surface area contributed by atoms with Crippen molar-refractivity contribution in [1.82, 2.24) is 0 Å². The quantitative estimate of drug-likeness (QED) is 0.605. The topological polar surface area (TPSA) is 52.3 Å². The molecule has 0 aliphatic heterocycles. The summed E-state index contributed by atoms with van der Waals surface area (Å²) in [5, 5.41) is 0.307. The fourth-order valence-electron chi connectivity index (χ4n) is 0.807. The minimum Gasteiger partial charge on any atom is -0.465 e. The van der Waals surface area contributed by atoms with E-state index in [-0.39, 0.29) is 0 Å². The highest BCUT2D eigenvalue weighted by molar-refractivity contribution is 6.33. The highest BCUT2D eigenvalue weighted by Crippen LogP contribution is 2.19. The molecule has 1 aromatic carbocycles. The van der Waals surface area contributed by atoms with Crippen LogP contribution < -0.4 is 5.73 Å². The zero-order chi connectivity index (χ0) is 13.1. The minimum atomic E-state index is -0.458. The molecule has 0 bridgehead atoms. The summed E-state index contributed by atoms with van der Waals surface area (Å²) in [7, 11) is 1.30. The fourth-order valence-corrected chi connectivity index (χ4v) is 1.07. The molecule has 0 heterocycles. The summed E-state index contributed by atoms with van der Waals surface area (Å²) in [6.07, 6.45) is 0. The number of rotatable bonds is 1. The van der Waals surface area contributed by atoms with Gasteiger partial charge in [0.2, 0.25) is 0 Å². The third kappa shape index (κ3) is 5.61. The van der Waals surface area contributed by atoms with Gasteiger partial charge in [0, 0.05) is 5.69 Å². The molecule has 3 nitrogen and oxygen atoms in total. The molecular weight excluding hydrogens is 226 g/mol. The van der Waals surface area contributed by atoms with Gasteiger partial charge in [-0.3, -0.25) is 0 Å². The summed E-state index contributed by atoms with van der Waals surface area (Å²) in [5.74, 6) is -0.458. The number of carbonyl (C=O) groups excluding carboxylic acids is 1. The predicted octanol–water partition coefficient (Wildman–Crippen LogP) is 3.76. The van der Waals surface area contributed by atoms with E-state index in [0.717, 1.165) is 0 Å². The lowest BCUT2D eigenvalue weighted by molar-refractivity contribution is 0.0601. The maximum Gasteiger partial charge on any atom is 0.339 e. The molecule has 2 N–H and O–H groups in total. The summed E-state index contributed by atoms with van der Waals surface area (Å²) < 4.78 is 4.49. The lowest BCUT2D eigenvalue weighted by Crippen LogP contribution is -2.02. The molecule has 0 unspecified atom stereocenters. The number of ether oxygens (including phenoxy) is 1. The first-order valence-corrected chi connectivity index (χ1v) is 5.66. The summed E-state index contributed by atoms with van der Waals surface area (Å²) in [6.45, 7) is 8.00. The molecule has 4 heteroatoms. The maximum absolute atomic E-state index is 11.0. The molecule has 1 aromatic rings. The molecule has 0 radical (unpaired) electrons. The lowest BCUT2D eigenvalue weighted by atomic mass is 10.2. The highest BCUT2D eigenvalue weighted by Gasteiger charge is 2.09. The van der Waals surface area contributed by atoms with Crippen molar-refractivity contribution in [1.29, 1.82) is 0 Å². The van der Waals surface area contributed by atoms with Crippen molar-refractivity contribution in [2.45, 2.75) is 27.7 Å². The van der Waals surface area contributed by atoms with Crippen LogP contribution in [0.1, 0.15) is 38.1 Å². The van der Waals surface area contributed by atoms with Gasteiger partial charge in [-0.2, -0.15) is 0 Å².